The molecule has 0 radical (unpaired) electrons. The number of nitrogens with zero attached hydrogens (tertiary/aromatic N) is 4. The lowest BCUT2D eigenvalue weighted by Crippen LogP contribution is -2.00. The van der Waals surface area contributed by atoms with Crippen molar-refractivity contribution in [2.24, 2.45) is 0 Å². The molecule has 0 aliphatic carbocycles. The zero-order chi connectivity index (χ0) is 11.7. The second-order valence-corrected chi connectivity index (χ2v) is 4.23. The number of rotatable bonds is 3. The fourth-order valence-electron chi connectivity index (χ4n) is 1.41. The molecular weight excluding hydrogens is 204 g/mol. The summed E-state index contributed by atoms with van der Waals surface area (Å²) in [6, 6.07) is 0. The summed E-state index contributed by atoms with van der Waals surface area (Å²) in [5.74, 6) is 1.58. The van der Waals surface area contributed by atoms with Crippen molar-refractivity contribution in [2.75, 3.05) is 0 Å². The Morgan fingerprint density at radius 2 is 2.06 bits per heavy atom. The van der Waals surface area contributed by atoms with Crippen LogP contribution in [0.3, 0.4) is 0 Å². The molecule has 0 atom stereocenters. The first-order valence-corrected chi connectivity index (χ1v) is 5.38. The van der Waals surface area contributed by atoms with E-state index in [1.807, 2.05) is 32.3 Å². The third kappa shape index (κ3) is 1.98. The third-order valence-corrected chi connectivity index (χ3v) is 2.63. The van der Waals surface area contributed by atoms with Gasteiger partial charge < -0.3 is 8.98 Å². The number of hydrogen-bond acceptors (Lipinski definition) is 4. The van der Waals surface area contributed by atoms with Gasteiger partial charge in [-0.05, 0) is 13.8 Å². The van der Waals surface area contributed by atoms with Crippen molar-refractivity contribution in [3.8, 4) is 0 Å². The van der Waals surface area contributed by atoms with Gasteiger partial charge in [-0.3, -0.25) is 0 Å². The van der Waals surface area contributed by atoms with Crippen LogP contribution in [0.15, 0.2) is 10.7 Å². The maximum absolute atomic E-state index is 5.54. The van der Waals surface area contributed by atoms with Crippen LogP contribution in [0.4, 0.5) is 0 Å². The Balaban J connectivity index is 2.17. The highest BCUT2D eigenvalue weighted by Crippen LogP contribution is 2.13. The average molecular weight is 220 g/mol. The first kappa shape index (κ1) is 10.9. The summed E-state index contributed by atoms with van der Waals surface area (Å²) in [6.07, 6.45) is 1.80. The highest BCUT2D eigenvalue weighted by atomic mass is 16.4. The van der Waals surface area contributed by atoms with Crippen molar-refractivity contribution in [3.05, 3.63) is 29.5 Å². The second kappa shape index (κ2) is 4.08. The van der Waals surface area contributed by atoms with E-state index in [0.29, 0.717) is 18.3 Å². The molecule has 0 aliphatic rings. The van der Waals surface area contributed by atoms with E-state index in [2.05, 4.69) is 15.2 Å². The molecule has 0 aromatic carbocycles. The van der Waals surface area contributed by atoms with E-state index in [-0.39, 0.29) is 5.92 Å². The highest BCUT2D eigenvalue weighted by molar-refractivity contribution is 5.09. The summed E-state index contributed by atoms with van der Waals surface area (Å²) in [5, 5.41) is 8.02. The summed E-state index contributed by atoms with van der Waals surface area (Å²) < 4.78 is 7.55. The minimum atomic E-state index is 0.270. The fraction of sp³-hybridized carbons (Fsp3) is 0.545. The summed E-state index contributed by atoms with van der Waals surface area (Å²) in [5.41, 5.74) is 2.16. The minimum Gasteiger partial charge on any atom is -0.423 e. The zero-order valence-corrected chi connectivity index (χ0v) is 10.1. The van der Waals surface area contributed by atoms with Gasteiger partial charge in [0.25, 0.3) is 0 Å². The Kier molecular flexibility index (Phi) is 2.77. The van der Waals surface area contributed by atoms with Gasteiger partial charge in [0.1, 0.15) is 6.54 Å². The molecule has 2 rings (SSSR count). The topological polar surface area (TPSA) is 56.7 Å². The van der Waals surface area contributed by atoms with Gasteiger partial charge in [-0.2, -0.15) is 0 Å². The summed E-state index contributed by atoms with van der Waals surface area (Å²) >= 11 is 0. The van der Waals surface area contributed by atoms with Gasteiger partial charge in [0, 0.05) is 11.6 Å². The zero-order valence-electron chi connectivity index (χ0n) is 10.1. The third-order valence-electron chi connectivity index (χ3n) is 2.63. The lowest BCUT2D eigenvalue weighted by atomic mass is 10.2. The van der Waals surface area contributed by atoms with E-state index < -0.39 is 0 Å². The normalized spacial score (nSPS) is 11.3. The van der Waals surface area contributed by atoms with Crippen molar-refractivity contribution >= 4 is 0 Å². The van der Waals surface area contributed by atoms with Gasteiger partial charge in [0.2, 0.25) is 11.8 Å². The molecule has 2 heterocycles. The minimum absolute atomic E-state index is 0.270. The molecule has 2 aromatic rings. The summed E-state index contributed by atoms with van der Waals surface area (Å²) in [6.45, 7) is 8.67. The molecule has 0 N–H and O–H groups in total. The van der Waals surface area contributed by atoms with Crippen LogP contribution in [-0.2, 0) is 6.54 Å². The van der Waals surface area contributed by atoms with Gasteiger partial charge in [-0.15, -0.1) is 10.2 Å². The molecule has 0 spiro atoms. The summed E-state index contributed by atoms with van der Waals surface area (Å²) in [4.78, 5) is 4.23. The molecule has 0 saturated carbocycles. The lowest BCUT2D eigenvalue weighted by molar-refractivity contribution is 0.421. The van der Waals surface area contributed by atoms with Crippen molar-refractivity contribution < 1.29 is 4.42 Å². The fourth-order valence-corrected chi connectivity index (χ4v) is 1.41. The molecule has 0 bridgehead atoms. The van der Waals surface area contributed by atoms with Gasteiger partial charge in [-0.1, -0.05) is 13.8 Å². The molecule has 2 aromatic heterocycles. The Labute approximate surface area is 94.5 Å². The van der Waals surface area contributed by atoms with E-state index in [1.54, 1.807) is 6.33 Å². The van der Waals surface area contributed by atoms with Crippen molar-refractivity contribution in [2.45, 2.75) is 40.2 Å². The Bertz CT molecular complexity index is 484. The number of aromatic nitrogens is 4. The SMILES string of the molecule is Cc1ncn(Cc2nnc(C(C)C)o2)c1C. The number of hydrogen-bond donors (Lipinski definition) is 0. The first-order valence-electron chi connectivity index (χ1n) is 5.38. The molecule has 0 unspecified atom stereocenters. The molecule has 0 saturated heterocycles. The van der Waals surface area contributed by atoms with Crippen molar-refractivity contribution in [1.29, 1.82) is 0 Å². The Morgan fingerprint density at radius 1 is 1.31 bits per heavy atom. The van der Waals surface area contributed by atoms with Crippen LogP contribution >= 0.6 is 0 Å². The maximum atomic E-state index is 5.54. The van der Waals surface area contributed by atoms with Crippen LogP contribution in [0.5, 0.6) is 0 Å². The van der Waals surface area contributed by atoms with Crippen LogP contribution in [0.25, 0.3) is 0 Å². The molecule has 0 fully saturated rings. The van der Waals surface area contributed by atoms with Crippen LogP contribution in [0.1, 0.15) is 42.9 Å². The molecule has 5 heteroatoms. The first-order chi connectivity index (χ1) is 7.58. The van der Waals surface area contributed by atoms with Gasteiger partial charge in [-0.25, -0.2) is 4.98 Å². The maximum Gasteiger partial charge on any atom is 0.236 e. The standard InChI is InChI=1S/C11H16N4O/c1-7(2)11-14-13-10(16-11)5-15-6-12-8(3)9(15)4/h6-7H,5H2,1-4H3. The summed E-state index contributed by atoms with van der Waals surface area (Å²) in [7, 11) is 0. The van der Waals surface area contributed by atoms with Crippen LogP contribution in [-0.4, -0.2) is 19.7 Å². The van der Waals surface area contributed by atoms with E-state index in [1.165, 1.54) is 0 Å². The smallest absolute Gasteiger partial charge is 0.236 e. The van der Waals surface area contributed by atoms with Crippen LogP contribution in [0.2, 0.25) is 0 Å². The van der Waals surface area contributed by atoms with Gasteiger partial charge >= 0.3 is 0 Å². The van der Waals surface area contributed by atoms with E-state index >= 15 is 0 Å². The van der Waals surface area contributed by atoms with E-state index in [4.69, 9.17) is 4.42 Å². The Morgan fingerprint density at radius 3 is 2.56 bits per heavy atom. The molecule has 16 heavy (non-hydrogen) atoms. The van der Waals surface area contributed by atoms with Gasteiger partial charge in [0.15, 0.2) is 0 Å². The van der Waals surface area contributed by atoms with E-state index in [9.17, 15) is 0 Å². The predicted octanol–water partition coefficient (Wildman–Crippen LogP) is 2.05. The largest absolute Gasteiger partial charge is 0.423 e. The molecular formula is C11H16N4O. The molecule has 0 amide bonds. The quantitative estimate of drug-likeness (QED) is 0.794. The average Bonchev–Trinajstić information content (AvgIpc) is 2.81. The van der Waals surface area contributed by atoms with Crippen molar-refractivity contribution in [3.63, 3.8) is 0 Å². The highest BCUT2D eigenvalue weighted by Gasteiger charge is 2.11. The second-order valence-electron chi connectivity index (χ2n) is 4.23. The van der Waals surface area contributed by atoms with Crippen LogP contribution < -0.4 is 0 Å². The lowest BCUT2D eigenvalue weighted by Gasteiger charge is -2.01. The van der Waals surface area contributed by atoms with Crippen molar-refractivity contribution in [1.82, 2.24) is 19.7 Å². The van der Waals surface area contributed by atoms with Gasteiger partial charge in [0.05, 0.1) is 12.0 Å². The molecule has 86 valence electrons. The number of imidazole rings is 1. The number of aryl methyl sites for hydroxylation is 1. The molecule has 5 nitrogen and oxygen atoms in total. The van der Waals surface area contributed by atoms with Crippen LogP contribution in [0, 0.1) is 13.8 Å². The monoisotopic (exact) mass is 220 g/mol. The Hall–Kier alpha value is -1.65. The predicted molar refractivity (Wildman–Crippen MR) is 59.2 cm³/mol. The molecule has 0 aliphatic heterocycles. The van der Waals surface area contributed by atoms with E-state index in [0.717, 1.165) is 11.4 Å².